The molecule has 0 aromatic carbocycles. The molecule has 0 radical (unpaired) electrons. The van der Waals surface area contributed by atoms with Crippen LogP contribution in [0.3, 0.4) is 0 Å². The molecule has 0 aliphatic heterocycles. The third kappa shape index (κ3) is 3.86. The van der Waals surface area contributed by atoms with E-state index in [4.69, 9.17) is 28.9 Å². The molecule has 0 aliphatic carbocycles. The average Bonchev–Trinajstić information content (AvgIpc) is 1.99. The lowest BCUT2D eigenvalue weighted by atomic mass is 10.3. The topological polar surface area (TPSA) is 43.1 Å². The first-order chi connectivity index (χ1) is 5.11. The minimum atomic E-state index is -0.0483. The highest BCUT2D eigenvalue weighted by molar-refractivity contribution is 6.39. The van der Waals surface area contributed by atoms with E-state index < -0.39 is 0 Å². The molecule has 0 aromatic rings. The molecule has 0 amide bonds. The van der Waals surface area contributed by atoms with Crippen molar-refractivity contribution in [2.75, 3.05) is 0 Å². The number of aldehydes is 1. The van der Waals surface area contributed by atoms with E-state index >= 15 is 0 Å². The molecule has 0 spiro atoms. The van der Waals surface area contributed by atoms with Crippen LogP contribution in [0.25, 0.3) is 0 Å². The van der Waals surface area contributed by atoms with Gasteiger partial charge in [0.05, 0.1) is 5.03 Å². The van der Waals surface area contributed by atoms with E-state index in [0.29, 0.717) is 11.9 Å². The van der Waals surface area contributed by atoms with Gasteiger partial charge in [-0.1, -0.05) is 35.9 Å². The van der Waals surface area contributed by atoms with Crippen LogP contribution in [0.2, 0.25) is 0 Å². The summed E-state index contributed by atoms with van der Waals surface area (Å²) in [5.74, 6) is 0. The van der Waals surface area contributed by atoms with Crippen molar-refractivity contribution < 1.29 is 4.79 Å². The largest absolute Gasteiger partial charge is 0.388 e. The number of hydrogen-bond donors (Lipinski definition) is 1. The predicted octanol–water partition coefficient (Wildman–Crippen LogP) is 1.90. The molecule has 60 valence electrons. The average molecular weight is 192 g/mol. The maximum absolute atomic E-state index is 10.2. The molecule has 0 saturated heterocycles. The zero-order valence-corrected chi connectivity index (χ0v) is 7.19. The molecule has 0 fully saturated rings. The van der Waals surface area contributed by atoms with Gasteiger partial charge >= 0.3 is 0 Å². The quantitative estimate of drug-likeness (QED) is 0.321. The molecule has 11 heavy (non-hydrogen) atoms. The van der Waals surface area contributed by atoms with E-state index in [1.165, 1.54) is 12.2 Å². The van der Waals surface area contributed by atoms with Crippen LogP contribution in [0.5, 0.6) is 0 Å². The SMILES string of the molecule is C=C/C(C=O)=C\C(Cl)=C(/N)Cl. The maximum atomic E-state index is 10.2. The van der Waals surface area contributed by atoms with E-state index in [9.17, 15) is 4.79 Å². The fraction of sp³-hybridized carbons (Fsp3) is 0. The van der Waals surface area contributed by atoms with Gasteiger partial charge in [-0.15, -0.1) is 0 Å². The van der Waals surface area contributed by atoms with Crippen LogP contribution < -0.4 is 5.73 Å². The standard InChI is InChI=1S/C7H7Cl2NO/c1-2-5(4-11)3-6(8)7(9)10/h2-4H,1,10H2/b5-3+,7-6+. The molecule has 0 bridgehead atoms. The number of hydrogen-bond acceptors (Lipinski definition) is 2. The third-order valence-electron chi connectivity index (χ3n) is 0.893. The predicted molar refractivity (Wildman–Crippen MR) is 47.3 cm³/mol. The number of allylic oxidation sites excluding steroid dienone is 4. The fourth-order valence-corrected chi connectivity index (χ4v) is 0.537. The van der Waals surface area contributed by atoms with E-state index in [1.807, 2.05) is 0 Å². The Bertz CT molecular complexity index is 217. The van der Waals surface area contributed by atoms with Crippen molar-refractivity contribution in [2.24, 2.45) is 5.73 Å². The Labute approximate surface area is 75.0 Å². The summed E-state index contributed by atoms with van der Waals surface area (Å²) in [6, 6.07) is 0. The van der Waals surface area contributed by atoms with Crippen molar-refractivity contribution in [1.82, 2.24) is 0 Å². The first-order valence-corrected chi connectivity index (χ1v) is 3.47. The Hall–Kier alpha value is -0.730. The lowest BCUT2D eigenvalue weighted by Crippen LogP contribution is -1.90. The molecule has 0 atom stereocenters. The van der Waals surface area contributed by atoms with E-state index in [-0.39, 0.29) is 10.2 Å². The van der Waals surface area contributed by atoms with Crippen LogP contribution in [0.4, 0.5) is 0 Å². The van der Waals surface area contributed by atoms with Crippen molar-refractivity contribution in [3.63, 3.8) is 0 Å². The second-order valence-corrected chi connectivity index (χ2v) is 2.48. The molecule has 2 N–H and O–H groups in total. The molecule has 0 aromatic heterocycles. The lowest BCUT2D eigenvalue weighted by Gasteiger charge is -1.91. The number of carbonyl (C=O) groups is 1. The van der Waals surface area contributed by atoms with Gasteiger partial charge in [0.25, 0.3) is 0 Å². The number of carbonyl (C=O) groups excluding carboxylic acids is 1. The van der Waals surface area contributed by atoms with E-state index in [1.54, 1.807) is 0 Å². The summed E-state index contributed by atoms with van der Waals surface area (Å²) in [6.45, 7) is 3.38. The maximum Gasteiger partial charge on any atom is 0.150 e. The summed E-state index contributed by atoms with van der Waals surface area (Å²) < 4.78 is 0. The van der Waals surface area contributed by atoms with Gasteiger partial charge in [-0.05, 0) is 6.08 Å². The summed E-state index contributed by atoms with van der Waals surface area (Å²) in [7, 11) is 0. The second kappa shape index (κ2) is 4.99. The van der Waals surface area contributed by atoms with Crippen LogP contribution >= 0.6 is 23.2 Å². The zero-order valence-electron chi connectivity index (χ0n) is 5.68. The van der Waals surface area contributed by atoms with Crippen molar-refractivity contribution in [3.05, 3.63) is 34.5 Å². The van der Waals surface area contributed by atoms with E-state index in [2.05, 4.69) is 6.58 Å². The summed E-state index contributed by atoms with van der Waals surface area (Å²) in [5.41, 5.74) is 5.44. The second-order valence-electron chi connectivity index (χ2n) is 1.66. The van der Waals surface area contributed by atoms with Gasteiger partial charge in [0.1, 0.15) is 11.4 Å². The van der Waals surface area contributed by atoms with Crippen LogP contribution in [0.15, 0.2) is 34.5 Å². The van der Waals surface area contributed by atoms with E-state index in [0.717, 1.165) is 0 Å². The molecular formula is C7H7Cl2NO. The number of rotatable bonds is 3. The highest BCUT2D eigenvalue weighted by atomic mass is 35.5. The van der Waals surface area contributed by atoms with Gasteiger partial charge in [-0.25, -0.2) is 0 Å². The van der Waals surface area contributed by atoms with Gasteiger partial charge < -0.3 is 5.73 Å². The van der Waals surface area contributed by atoms with Crippen molar-refractivity contribution in [2.45, 2.75) is 0 Å². The van der Waals surface area contributed by atoms with Gasteiger partial charge in [-0.2, -0.15) is 0 Å². The van der Waals surface area contributed by atoms with Crippen molar-refractivity contribution in [1.29, 1.82) is 0 Å². The Kier molecular flexibility index (Phi) is 4.66. The number of nitrogens with two attached hydrogens (primary N) is 1. The van der Waals surface area contributed by atoms with Gasteiger partial charge in [-0.3, -0.25) is 4.79 Å². The van der Waals surface area contributed by atoms with Crippen molar-refractivity contribution >= 4 is 29.5 Å². The van der Waals surface area contributed by atoms with Crippen LogP contribution in [-0.2, 0) is 4.79 Å². The lowest BCUT2D eigenvalue weighted by molar-refractivity contribution is -0.104. The minimum absolute atomic E-state index is 0.0483. The normalized spacial score (nSPS) is 13.8. The summed E-state index contributed by atoms with van der Waals surface area (Å²) in [4.78, 5) is 10.2. The molecule has 0 aliphatic rings. The van der Waals surface area contributed by atoms with Gasteiger partial charge in [0.15, 0.2) is 0 Å². The van der Waals surface area contributed by atoms with Crippen LogP contribution in [-0.4, -0.2) is 6.29 Å². The fourth-order valence-electron chi connectivity index (χ4n) is 0.356. The monoisotopic (exact) mass is 191 g/mol. The highest BCUT2D eigenvalue weighted by Crippen LogP contribution is 2.11. The van der Waals surface area contributed by atoms with Crippen molar-refractivity contribution in [3.8, 4) is 0 Å². The molecule has 0 saturated carbocycles. The van der Waals surface area contributed by atoms with Gasteiger partial charge in [0.2, 0.25) is 0 Å². The molecule has 0 rings (SSSR count). The first kappa shape index (κ1) is 10.3. The Morgan fingerprint density at radius 3 is 2.27 bits per heavy atom. The molecule has 4 heteroatoms. The minimum Gasteiger partial charge on any atom is -0.388 e. The van der Waals surface area contributed by atoms with Gasteiger partial charge in [0, 0.05) is 5.57 Å². The first-order valence-electron chi connectivity index (χ1n) is 2.72. The molecule has 0 heterocycles. The Morgan fingerprint density at radius 1 is 1.45 bits per heavy atom. The summed E-state index contributed by atoms with van der Waals surface area (Å²) in [5, 5.41) is 0.0848. The highest BCUT2D eigenvalue weighted by Gasteiger charge is 1.94. The molecular weight excluding hydrogens is 185 g/mol. The van der Waals surface area contributed by atoms with Crippen LogP contribution in [0, 0.1) is 0 Å². The molecule has 2 nitrogen and oxygen atoms in total. The summed E-state index contributed by atoms with van der Waals surface area (Å²) in [6.07, 6.45) is 3.30. The number of halogens is 2. The third-order valence-corrected chi connectivity index (χ3v) is 1.51. The zero-order chi connectivity index (χ0) is 8.85. The molecule has 0 unspecified atom stereocenters. The smallest absolute Gasteiger partial charge is 0.150 e. The summed E-state index contributed by atoms with van der Waals surface area (Å²) >= 11 is 10.8. The Balaban J connectivity index is 4.66. The Morgan fingerprint density at radius 2 is 2.00 bits per heavy atom. The van der Waals surface area contributed by atoms with Crippen LogP contribution in [0.1, 0.15) is 0 Å².